The van der Waals surface area contributed by atoms with Crippen molar-refractivity contribution in [3.63, 3.8) is 0 Å². The molecular weight excluding hydrogens is 408 g/mol. The molecule has 2 aromatic carbocycles. The fourth-order valence-electron chi connectivity index (χ4n) is 3.25. The lowest BCUT2D eigenvalue weighted by molar-refractivity contribution is -0.384. The normalized spacial score (nSPS) is 11.0. The van der Waals surface area contributed by atoms with Gasteiger partial charge in [0.05, 0.1) is 10.3 Å². The lowest BCUT2D eigenvalue weighted by Crippen LogP contribution is -1.97. The van der Waals surface area contributed by atoms with E-state index in [1.807, 2.05) is 0 Å². The van der Waals surface area contributed by atoms with Gasteiger partial charge in [-0.2, -0.15) is 0 Å². The zero-order chi connectivity index (χ0) is 20.7. The van der Waals surface area contributed by atoms with Crippen LogP contribution in [0.4, 0.5) is 17.2 Å². The predicted molar refractivity (Wildman–Crippen MR) is 118 cm³/mol. The van der Waals surface area contributed by atoms with Crippen molar-refractivity contribution in [1.29, 1.82) is 0 Å². The maximum absolute atomic E-state index is 11.2. The first kappa shape index (κ1) is 19.3. The number of fused-ring (bicyclic) bond motifs is 1. The third-order valence-electron chi connectivity index (χ3n) is 4.87. The van der Waals surface area contributed by atoms with Gasteiger partial charge < -0.3 is 5.32 Å². The number of nitrogens with zero attached hydrogens (tertiary/aromatic N) is 3. The Labute approximate surface area is 176 Å². The molecule has 0 aliphatic rings. The first-order chi connectivity index (χ1) is 13.8. The van der Waals surface area contributed by atoms with Crippen molar-refractivity contribution in [1.82, 2.24) is 9.97 Å². The van der Waals surface area contributed by atoms with Gasteiger partial charge in [0, 0.05) is 22.2 Å². The average molecular weight is 425 g/mol. The molecule has 2 aromatic heterocycles. The van der Waals surface area contributed by atoms with Gasteiger partial charge in [0.15, 0.2) is 0 Å². The molecule has 0 bridgehead atoms. The van der Waals surface area contributed by atoms with E-state index in [0.29, 0.717) is 11.5 Å². The summed E-state index contributed by atoms with van der Waals surface area (Å²) in [5.41, 5.74) is 4.99. The van der Waals surface area contributed by atoms with E-state index < -0.39 is 4.92 Å². The first-order valence-electron chi connectivity index (χ1n) is 8.88. The molecule has 0 radical (unpaired) electrons. The van der Waals surface area contributed by atoms with Crippen LogP contribution in [-0.2, 0) is 0 Å². The quantitative estimate of drug-likeness (QED) is 0.295. The fourth-order valence-corrected chi connectivity index (χ4v) is 4.45. The van der Waals surface area contributed by atoms with E-state index in [1.165, 1.54) is 29.6 Å². The highest BCUT2D eigenvalue weighted by molar-refractivity contribution is 7.19. The molecule has 0 saturated heterocycles. The van der Waals surface area contributed by atoms with Crippen LogP contribution in [0.25, 0.3) is 21.3 Å². The van der Waals surface area contributed by atoms with E-state index in [4.69, 9.17) is 11.6 Å². The number of rotatable bonds is 4. The van der Waals surface area contributed by atoms with Gasteiger partial charge in [0.25, 0.3) is 5.69 Å². The molecular formula is C21H17ClN4O2S. The van der Waals surface area contributed by atoms with Gasteiger partial charge in [-0.3, -0.25) is 10.1 Å². The highest BCUT2D eigenvalue weighted by atomic mass is 35.5. The summed E-state index contributed by atoms with van der Waals surface area (Å²) in [6, 6.07) is 11.0. The number of aromatic nitrogens is 2. The van der Waals surface area contributed by atoms with Crippen molar-refractivity contribution in [3.8, 4) is 11.1 Å². The molecule has 6 nitrogen and oxygen atoms in total. The number of hydrogen-bond acceptors (Lipinski definition) is 6. The third-order valence-corrected chi connectivity index (χ3v) is 6.20. The van der Waals surface area contributed by atoms with E-state index in [0.717, 1.165) is 26.2 Å². The van der Waals surface area contributed by atoms with E-state index >= 15 is 0 Å². The van der Waals surface area contributed by atoms with Crippen LogP contribution in [0.2, 0.25) is 5.02 Å². The van der Waals surface area contributed by atoms with Gasteiger partial charge >= 0.3 is 0 Å². The second-order valence-corrected chi connectivity index (χ2v) is 8.39. The molecule has 0 fully saturated rings. The molecule has 0 spiro atoms. The number of thiophene rings is 1. The van der Waals surface area contributed by atoms with Crippen molar-refractivity contribution in [2.24, 2.45) is 0 Å². The number of anilines is 2. The number of nitro benzene ring substituents is 1. The molecule has 0 unspecified atom stereocenters. The molecule has 1 N–H and O–H groups in total. The number of benzene rings is 2. The Hall–Kier alpha value is -3.03. The molecule has 8 heteroatoms. The van der Waals surface area contributed by atoms with Gasteiger partial charge in [-0.1, -0.05) is 29.8 Å². The topological polar surface area (TPSA) is 81.0 Å². The monoisotopic (exact) mass is 424 g/mol. The molecule has 0 aliphatic carbocycles. The summed E-state index contributed by atoms with van der Waals surface area (Å²) in [6.45, 7) is 6.24. The summed E-state index contributed by atoms with van der Waals surface area (Å²) < 4.78 is 0. The molecule has 2 heterocycles. The van der Waals surface area contributed by atoms with Crippen molar-refractivity contribution >= 4 is 50.3 Å². The van der Waals surface area contributed by atoms with Gasteiger partial charge in [-0.05, 0) is 49.6 Å². The minimum Gasteiger partial charge on any atom is -0.339 e. The summed E-state index contributed by atoms with van der Waals surface area (Å²) in [6.07, 6.45) is 1.50. The minimum absolute atomic E-state index is 0.0931. The number of nitro groups is 1. The van der Waals surface area contributed by atoms with E-state index in [-0.39, 0.29) is 10.7 Å². The van der Waals surface area contributed by atoms with Gasteiger partial charge in [-0.15, -0.1) is 11.3 Å². The summed E-state index contributed by atoms with van der Waals surface area (Å²) in [5.74, 6) is 0.601. The van der Waals surface area contributed by atoms with E-state index in [1.54, 1.807) is 17.4 Å². The summed E-state index contributed by atoms with van der Waals surface area (Å²) in [4.78, 5) is 21.5. The molecule has 0 aliphatic heterocycles. The Bertz CT molecular complexity index is 1270. The van der Waals surface area contributed by atoms with Crippen molar-refractivity contribution in [2.75, 3.05) is 5.32 Å². The summed E-state index contributed by atoms with van der Waals surface area (Å²) >= 11 is 7.53. The predicted octanol–water partition coefficient (Wildman–Crippen LogP) is 6.59. The fraction of sp³-hybridized carbons (Fsp3) is 0.143. The molecule has 146 valence electrons. The number of nitrogens with one attached hydrogen (secondary N) is 1. The lowest BCUT2D eigenvalue weighted by Gasteiger charge is -2.10. The number of aryl methyl sites for hydroxylation is 3. The van der Waals surface area contributed by atoms with Crippen LogP contribution in [0, 0.1) is 30.9 Å². The summed E-state index contributed by atoms with van der Waals surface area (Å²) in [5, 5.41) is 15.4. The Morgan fingerprint density at radius 1 is 1.07 bits per heavy atom. The molecule has 0 saturated carbocycles. The standard InChI is InChI=1S/C21H17ClN4O2S/c1-11-4-5-14(8-12(11)2)18-13(3)29-21-19(18)20(23-10-24-21)25-15-6-7-16(22)17(9-15)26(27)28/h4-10H,1-3H3,(H,23,24,25). The summed E-state index contributed by atoms with van der Waals surface area (Å²) in [7, 11) is 0. The molecule has 0 atom stereocenters. The van der Waals surface area contributed by atoms with Gasteiger partial charge in [0.2, 0.25) is 0 Å². The van der Waals surface area contributed by atoms with E-state index in [9.17, 15) is 10.1 Å². The van der Waals surface area contributed by atoms with Crippen LogP contribution in [0.1, 0.15) is 16.0 Å². The van der Waals surface area contributed by atoms with Gasteiger partial charge in [0.1, 0.15) is 22.0 Å². The van der Waals surface area contributed by atoms with Crippen molar-refractivity contribution in [2.45, 2.75) is 20.8 Å². The molecule has 4 rings (SSSR count). The first-order valence-corrected chi connectivity index (χ1v) is 10.1. The second kappa shape index (κ2) is 7.42. The Balaban J connectivity index is 1.87. The van der Waals surface area contributed by atoms with Crippen LogP contribution in [0.5, 0.6) is 0 Å². The third kappa shape index (κ3) is 3.54. The number of halogens is 1. The Morgan fingerprint density at radius 2 is 1.86 bits per heavy atom. The molecule has 4 aromatic rings. The van der Waals surface area contributed by atoms with Crippen LogP contribution < -0.4 is 5.32 Å². The molecule has 0 amide bonds. The van der Waals surface area contributed by atoms with Crippen molar-refractivity contribution in [3.05, 3.63) is 73.9 Å². The van der Waals surface area contributed by atoms with Crippen LogP contribution >= 0.6 is 22.9 Å². The zero-order valence-corrected chi connectivity index (χ0v) is 17.6. The van der Waals surface area contributed by atoms with Crippen molar-refractivity contribution < 1.29 is 4.92 Å². The maximum Gasteiger partial charge on any atom is 0.289 e. The highest BCUT2D eigenvalue weighted by Crippen LogP contribution is 2.41. The number of hydrogen-bond donors (Lipinski definition) is 1. The lowest BCUT2D eigenvalue weighted by atomic mass is 9.99. The highest BCUT2D eigenvalue weighted by Gasteiger charge is 2.19. The Kier molecular flexibility index (Phi) is 4.94. The maximum atomic E-state index is 11.2. The van der Waals surface area contributed by atoms with Gasteiger partial charge in [-0.25, -0.2) is 9.97 Å². The van der Waals surface area contributed by atoms with Crippen LogP contribution in [-0.4, -0.2) is 14.9 Å². The largest absolute Gasteiger partial charge is 0.339 e. The average Bonchev–Trinajstić information content (AvgIpc) is 3.02. The smallest absolute Gasteiger partial charge is 0.289 e. The van der Waals surface area contributed by atoms with E-state index in [2.05, 4.69) is 54.3 Å². The SMILES string of the molecule is Cc1ccc(-c2c(C)sc3ncnc(Nc4ccc(Cl)c([N+](=O)[O-])c4)c23)cc1C. The minimum atomic E-state index is -0.502. The van der Waals surface area contributed by atoms with Crippen LogP contribution in [0.3, 0.4) is 0 Å². The molecule has 29 heavy (non-hydrogen) atoms. The second-order valence-electron chi connectivity index (χ2n) is 6.78. The Morgan fingerprint density at radius 3 is 2.59 bits per heavy atom. The zero-order valence-electron chi connectivity index (χ0n) is 16.0. The van der Waals surface area contributed by atoms with Crippen LogP contribution in [0.15, 0.2) is 42.7 Å².